The number of aromatic nitrogens is 1. The summed E-state index contributed by atoms with van der Waals surface area (Å²) in [6, 6.07) is 73.1. The molecule has 3 heteroatoms. The van der Waals surface area contributed by atoms with Gasteiger partial charge in [0.15, 0.2) is 0 Å². The maximum absolute atomic E-state index is 6.79. The Hall–Kier alpha value is -8.14. The molecule has 2 aromatic heterocycles. The number of furan rings is 1. The first kappa shape index (κ1) is 36.0. The molecule has 0 radical (unpaired) electrons. The van der Waals surface area contributed by atoms with Crippen molar-refractivity contribution >= 4 is 71.5 Å². The van der Waals surface area contributed by atoms with Crippen LogP contribution in [0.2, 0.25) is 0 Å². The van der Waals surface area contributed by atoms with Crippen LogP contribution in [0.25, 0.3) is 88.0 Å². The first-order valence-corrected chi connectivity index (χ1v) is 20.7. The van der Waals surface area contributed by atoms with Gasteiger partial charge in [-0.3, -0.25) is 0 Å². The van der Waals surface area contributed by atoms with Crippen LogP contribution in [0.3, 0.4) is 0 Å². The van der Waals surface area contributed by atoms with Crippen LogP contribution in [0.4, 0.5) is 11.4 Å². The van der Waals surface area contributed by atoms with E-state index >= 15 is 0 Å². The van der Waals surface area contributed by atoms with Crippen LogP contribution in [0.5, 0.6) is 0 Å². The average Bonchev–Trinajstić information content (AvgIpc) is 3.86. The molecule has 288 valence electrons. The second-order valence-corrected chi connectivity index (χ2v) is 15.3. The van der Waals surface area contributed by atoms with E-state index in [0.29, 0.717) is 0 Å². The summed E-state index contributed by atoms with van der Waals surface area (Å²) < 4.78 is 9.17. The topological polar surface area (TPSA) is 21.3 Å². The molecule has 11 aromatic rings. The monoisotopic (exact) mass is 780 g/mol. The van der Waals surface area contributed by atoms with Crippen molar-refractivity contribution in [3.05, 3.63) is 243 Å². The third kappa shape index (κ3) is 6.23. The van der Waals surface area contributed by atoms with E-state index in [1.807, 2.05) is 6.08 Å². The Morgan fingerprint density at radius 2 is 1.07 bits per heavy atom. The van der Waals surface area contributed by atoms with E-state index in [4.69, 9.17) is 4.42 Å². The summed E-state index contributed by atoms with van der Waals surface area (Å²) >= 11 is 0. The molecule has 0 aliphatic carbocycles. The van der Waals surface area contributed by atoms with E-state index < -0.39 is 0 Å². The highest BCUT2D eigenvalue weighted by atomic mass is 16.3. The molecule has 0 aliphatic heterocycles. The molecular formula is C58H40N2O. The highest BCUT2D eigenvalue weighted by Crippen LogP contribution is 2.44. The van der Waals surface area contributed by atoms with Crippen LogP contribution >= 0.6 is 0 Å². The van der Waals surface area contributed by atoms with Gasteiger partial charge in [0.2, 0.25) is 0 Å². The minimum absolute atomic E-state index is 0.871. The van der Waals surface area contributed by atoms with E-state index in [1.54, 1.807) is 0 Å². The number of fused-ring (bicyclic) bond motifs is 7. The number of benzene rings is 9. The number of hydrogen-bond acceptors (Lipinski definition) is 2. The van der Waals surface area contributed by atoms with Gasteiger partial charge < -0.3 is 13.9 Å². The van der Waals surface area contributed by atoms with Crippen LogP contribution in [0.1, 0.15) is 5.56 Å². The highest BCUT2D eigenvalue weighted by Gasteiger charge is 2.20. The number of rotatable bonds is 9. The molecule has 0 spiro atoms. The fourth-order valence-electron chi connectivity index (χ4n) is 9.04. The Balaban J connectivity index is 1.08. The molecule has 0 unspecified atom stereocenters. The van der Waals surface area contributed by atoms with Gasteiger partial charge in [-0.15, -0.1) is 0 Å². The minimum atomic E-state index is 0.871. The minimum Gasteiger partial charge on any atom is -0.455 e. The lowest BCUT2D eigenvalue weighted by molar-refractivity contribution is 0.670. The number of anilines is 2. The quantitative estimate of drug-likeness (QED) is 0.136. The van der Waals surface area contributed by atoms with Crippen LogP contribution in [0, 0.1) is 0 Å². The highest BCUT2D eigenvalue weighted by molar-refractivity contribution is 6.14. The largest absolute Gasteiger partial charge is 0.455 e. The van der Waals surface area contributed by atoms with Crippen molar-refractivity contribution in [3.8, 4) is 27.9 Å². The predicted molar refractivity (Wildman–Crippen MR) is 259 cm³/mol. The zero-order chi connectivity index (χ0) is 40.7. The fourth-order valence-corrected chi connectivity index (χ4v) is 9.04. The lowest BCUT2D eigenvalue weighted by atomic mass is 9.98. The Labute approximate surface area is 354 Å². The fraction of sp³-hybridized carbons (Fsp3) is 0. The van der Waals surface area contributed by atoms with Gasteiger partial charge in [-0.2, -0.15) is 0 Å². The third-order valence-corrected chi connectivity index (χ3v) is 11.8. The molecule has 0 saturated carbocycles. The van der Waals surface area contributed by atoms with Crippen molar-refractivity contribution in [1.29, 1.82) is 0 Å². The second-order valence-electron chi connectivity index (χ2n) is 15.3. The molecule has 0 saturated heterocycles. The lowest BCUT2D eigenvalue weighted by Crippen LogP contribution is -2.11. The molecule has 3 nitrogen and oxygen atoms in total. The Bertz CT molecular complexity index is 3460. The SMILES string of the molecule is C=C/C(=C\C=C\N(c1ccccc1-c1ccccc1)c1ccccc1-c1cccc2c1oc1cc3ccccc3cc12)c1ccccc1-n1c2ccccc2c2ccccc21. The molecule has 2 heterocycles. The number of para-hydroxylation sites is 6. The van der Waals surface area contributed by atoms with E-state index in [9.17, 15) is 0 Å². The van der Waals surface area contributed by atoms with Gasteiger partial charge in [-0.1, -0.05) is 183 Å². The van der Waals surface area contributed by atoms with Crippen molar-refractivity contribution in [3.63, 3.8) is 0 Å². The van der Waals surface area contributed by atoms with Crippen molar-refractivity contribution < 1.29 is 4.42 Å². The summed E-state index contributed by atoms with van der Waals surface area (Å²) in [4.78, 5) is 2.31. The number of hydrogen-bond donors (Lipinski definition) is 0. The maximum Gasteiger partial charge on any atom is 0.143 e. The Morgan fingerprint density at radius 3 is 1.82 bits per heavy atom. The molecule has 0 N–H and O–H groups in total. The van der Waals surface area contributed by atoms with Crippen molar-refractivity contribution in [2.24, 2.45) is 0 Å². The van der Waals surface area contributed by atoms with E-state index in [1.165, 1.54) is 27.2 Å². The molecule has 0 amide bonds. The van der Waals surface area contributed by atoms with Gasteiger partial charge in [-0.25, -0.2) is 0 Å². The standard InChI is InChI=1S/C58H40N2O/c1-2-40(44-25-9-15-34-54(44)60-55-35-16-11-27-46(55)47-28-12-17-36-56(47)60)24-19-37-59(52-32-13-8-26-45(52)41-20-4-3-5-21-41)53-33-14-10-29-48(53)49-30-18-31-50-51-38-42-22-6-7-23-43(42)39-57(51)61-58(49)50/h2-39H,1H2/b37-19+,40-24+. The third-order valence-electron chi connectivity index (χ3n) is 11.8. The molecule has 61 heavy (non-hydrogen) atoms. The summed E-state index contributed by atoms with van der Waals surface area (Å²) in [7, 11) is 0. The average molecular weight is 781 g/mol. The van der Waals surface area contributed by atoms with Crippen LogP contribution in [0.15, 0.2) is 242 Å². The predicted octanol–water partition coefficient (Wildman–Crippen LogP) is 16.1. The van der Waals surface area contributed by atoms with Gasteiger partial charge in [-0.05, 0) is 70.4 Å². The normalized spacial score (nSPS) is 12.0. The number of nitrogens with zero attached hydrogens (tertiary/aromatic N) is 2. The molecule has 11 rings (SSSR count). The van der Waals surface area contributed by atoms with Gasteiger partial charge in [0.25, 0.3) is 0 Å². The van der Waals surface area contributed by atoms with Gasteiger partial charge in [0.05, 0.1) is 28.1 Å². The van der Waals surface area contributed by atoms with Gasteiger partial charge in [0.1, 0.15) is 11.2 Å². The van der Waals surface area contributed by atoms with Crippen LogP contribution < -0.4 is 4.90 Å². The molecule has 0 fully saturated rings. The van der Waals surface area contributed by atoms with Crippen molar-refractivity contribution in [1.82, 2.24) is 4.57 Å². The molecule has 9 aromatic carbocycles. The van der Waals surface area contributed by atoms with E-state index in [0.717, 1.165) is 77.8 Å². The van der Waals surface area contributed by atoms with Crippen LogP contribution in [-0.2, 0) is 0 Å². The molecular weight excluding hydrogens is 741 g/mol. The summed E-state index contributed by atoms with van der Waals surface area (Å²) in [6.45, 7) is 4.34. The summed E-state index contributed by atoms with van der Waals surface area (Å²) in [5.41, 5.74) is 13.7. The lowest BCUT2D eigenvalue weighted by Gasteiger charge is -2.26. The zero-order valence-corrected chi connectivity index (χ0v) is 33.4. The Kier molecular flexibility index (Phi) is 8.98. The Morgan fingerprint density at radius 1 is 0.492 bits per heavy atom. The van der Waals surface area contributed by atoms with E-state index in [-0.39, 0.29) is 0 Å². The summed E-state index contributed by atoms with van der Waals surface area (Å²) in [6.07, 6.45) is 8.45. The first-order valence-electron chi connectivity index (χ1n) is 20.7. The summed E-state index contributed by atoms with van der Waals surface area (Å²) in [5, 5.41) is 7.03. The van der Waals surface area contributed by atoms with Crippen molar-refractivity contribution in [2.45, 2.75) is 0 Å². The molecule has 0 atom stereocenters. The maximum atomic E-state index is 6.79. The first-order chi connectivity index (χ1) is 30.2. The van der Waals surface area contributed by atoms with Gasteiger partial charge in [0, 0.05) is 50.0 Å². The number of allylic oxidation sites excluding steroid dienone is 4. The zero-order valence-electron chi connectivity index (χ0n) is 33.4. The smallest absolute Gasteiger partial charge is 0.143 e. The van der Waals surface area contributed by atoms with Crippen LogP contribution in [-0.4, -0.2) is 4.57 Å². The van der Waals surface area contributed by atoms with E-state index in [2.05, 4.69) is 241 Å². The van der Waals surface area contributed by atoms with Gasteiger partial charge >= 0.3 is 0 Å². The molecule has 0 aliphatic rings. The second kappa shape index (κ2) is 15.2. The molecule has 0 bridgehead atoms. The summed E-state index contributed by atoms with van der Waals surface area (Å²) in [5.74, 6) is 0. The van der Waals surface area contributed by atoms with Crippen molar-refractivity contribution in [2.75, 3.05) is 4.90 Å².